The van der Waals surface area contributed by atoms with Gasteiger partial charge in [0.2, 0.25) is 0 Å². The summed E-state index contributed by atoms with van der Waals surface area (Å²) < 4.78 is 0. The highest BCUT2D eigenvalue weighted by molar-refractivity contribution is 5.79. The molecule has 0 saturated heterocycles. The van der Waals surface area contributed by atoms with Crippen LogP contribution in [0.5, 0.6) is 0 Å². The van der Waals surface area contributed by atoms with Gasteiger partial charge < -0.3 is 5.32 Å². The zero-order chi connectivity index (χ0) is 10.5. The van der Waals surface area contributed by atoms with E-state index in [0.29, 0.717) is 11.7 Å². The SMILES string of the molecule is CC.CCNC1(C)CC(C(C)=O)C1. The number of rotatable bonds is 3. The van der Waals surface area contributed by atoms with E-state index < -0.39 is 0 Å². The van der Waals surface area contributed by atoms with E-state index in [1.807, 2.05) is 13.8 Å². The van der Waals surface area contributed by atoms with E-state index in [0.717, 1.165) is 19.4 Å². The highest BCUT2D eigenvalue weighted by atomic mass is 16.1. The van der Waals surface area contributed by atoms with Crippen molar-refractivity contribution in [3.63, 3.8) is 0 Å². The fraction of sp³-hybridized carbons (Fsp3) is 0.909. The van der Waals surface area contributed by atoms with Crippen molar-refractivity contribution < 1.29 is 4.79 Å². The Labute approximate surface area is 82.1 Å². The summed E-state index contributed by atoms with van der Waals surface area (Å²) in [5.41, 5.74) is 0.255. The summed E-state index contributed by atoms with van der Waals surface area (Å²) in [5, 5.41) is 3.39. The van der Waals surface area contributed by atoms with Crippen molar-refractivity contribution in [3.8, 4) is 0 Å². The van der Waals surface area contributed by atoms with Gasteiger partial charge in [0.25, 0.3) is 0 Å². The molecule has 0 amide bonds. The molecule has 0 aromatic carbocycles. The van der Waals surface area contributed by atoms with Crippen LogP contribution in [-0.2, 0) is 4.79 Å². The molecule has 0 aliphatic heterocycles. The standard InChI is InChI=1S/C9H17NO.C2H6/c1-4-10-9(3)5-8(6-9)7(2)11;1-2/h8,10H,4-6H2,1-3H3;1-2H3. The molecule has 1 aliphatic carbocycles. The maximum absolute atomic E-state index is 10.9. The molecular weight excluding hydrogens is 162 g/mol. The van der Waals surface area contributed by atoms with Crippen LogP contribution in [0.3, 0.4) is 0 Å². The molecule has 0 unspecified atom stereocenters. The van der Waals surface area contributed by atoms with Crippen molar-refractivity contribution in [2.75, 3.05) is 6.54 Å². The molecule has 1 fully saturated rings. The third kappa shape index (κ3) is 3.47. The average Bonchev–Trinajstić information content (AvgIpc) is 2.04. The van der Waals surface area contributed by atoms with E-state index in [1.165, 1.54) is 0 Å². The molecule has 0 spiro atoms. The third-order valence-corrected chi connectivity index (χ3v) is 2.57. The van der Waals surface area contributed by atoms with Crippen LogP contribution in [0.4, 0.5) is 0 Å². The van der Waals surface area contributed by atoms with E-state index in [-0.39, 0.29) is 5.54 Å². The molecule has 0 radical (unpaired) electrons. The summed E-state index contributed by atoms with van der Waals surface area (Å²) in [6, 6.07) is 0. The summed E-state index contributed by atoms with van der Waals surface area (Å²) in [7, 11) is 0. The minimum atomic E-state index is 0.255. The molecule has 0 heterocycles. The summed E-state index contributed by atoms with van der Waals surface area (Å²) >= 11 is 0. The van der Waals surface area contributed by atoms with Crippen LogP contribution in [0.15, 0.2) is 0 Å². The summed E-state index contributed by atoms with van der Waals surface area (Å²) in [6.07, 6.45) is 2.05. The predicted octanol–water partition coefficient (Wildman–Crippen LogP) is 2.38. The van der Waals surface area contributed by atoms with Gasteiger partial charge in [-0.3, -0.25) is 4.79 Å². The van der Waals surface area contributed by atoms with Gasteiger partial charge in [0.05, 0.1) is 0 Å². The summed E-state index contributed by atoms with van der Waals surface area (Å²) in [4.78, 5) is 10.9. The molecule has 0 bridgehead atoms. The Bertz CT molecular complexity index is 159. The number of Topliss-reactive ketones (excluding diaryl/α,β-unsaturated/α-hetero) is 1. The monoisotopic (exact) mass is 185 g/mol. The summed E-state index contributed by atoms with van der Waals surface area (Å²) in [6.45, 7) is 11.0. The van der Waals surface area contributed by atoms with Crippen LogP contribution < -0.4 is 5.32 Å². The Hall–Kier alpha value is -0.370. The Kier molecular flexibility index (Phi) is 5.23. The highest BCUT2D eigenvalue weighted by Crippen LogP contribution is 2.37. The first kappa shape index (κ1) is 12.6. The lowest BCUT2D eigenvalue weighted by Crippen LogP contribution is -2.54. The van der Waals surface area contributed by atoms with Crippen molar-refractivity contribution in [2.24, 2.45) is 5.92 Å². The molecule has 1 N–H and O–H groups in total. The molecule has 1 aliphatic rings. The van der Waals surface area contributed by atoms with E-state index in [9.17, 15) is 4.79 Å². The molecule has 2 heteroatoms. The largest absolute Gasteiger partial charge is 0.312 e. The molecule has 0 aromatic heterocycles. The minimum Gasteiger partial charge on any atom is -0.312 e. The van der Waals surface area contributed by atoms with Crippen LogP contribution >= 0.6 is 0 Å². The van der Waals surface area contributed by atoms with Crippen LogP contribution in [0, 0.1) is 5.92 Å². The molecule has 13 heavy (non-hydrogen) atoms. The van der Waals surface area contributed by atoms with Crippen molar-refractivity contribution >= 4 is 5.78 Å². The van der Waals surface area contributed by atoms with Crippen molar-refractivity contribution in [3.05, 3.63) is 0 Å². The van der Waals surface area contributed by atoms with Crippen molar-refractivity contribution in [2.45, 2.75) is 53.0 Å². The molecule has 0 atom stereocenters. The minimum absolute atomic E-state index is 0.255. The van der Waals surface area contributed by atoms with Gasteiger partial charge in [0.15, 0.2) is 0 Å². The van der Waals surface area contributed by atoms with Gasteiger partial charge in [-0.2, -0.15) is 0 Å². The van der Waals surface area contributed by atoms with Crippen molar-refractivity contribution in [1.29, 1.82) is 0 Å². The Morgan fingerprint density at radius 2 is 1.92 bits per heavy atom. The highest BCUT2D eigenvalue weighted by Gasteiger charge is 2.41. The number of carbonyl (C=O) groups excluding carboxylic acids is 1. The normalized spacial score (nSPS) is 31.3. The second-order valence-corrected chi connectivity index (χ2v) is 3.81. The number of ketones is 1. The smallest absolute Gasteiger partial charge is 0.133 e. The van der Waals surface area contributed by atoms with E-state index in [4.69, 9.17) is 0 Å². The topological polar surface area (TPSA) is 29.1 Å². The van der Waals surface area contributed by atoms with Gasteiger partial charge >= 0.3 is 0 Å². The predicted molar refractivity (Wildman–Crippen MR) is 56.8 cm³/mol. The second kappa shape index (κ2) is 5.38. The first-order valence-corrected chi connectivity index (χ1v) is 5.33. The lowest BCUT2D eigenvalue weighted by atomic mass is 9.68. The second-order valence-electron chi connectivity index (χ2n) is 3.81. The maximum atomic E-state index is 10.9. The molecular formula is C11H23NO. The average molecular weight is 185 g/mol. The Morgan fingerprint density at radius 1 is 1.46 bits per heavy atom. The Balaban J connectivity index is 0.000000671. The zero-order valence-corrected chi connectivity index (χ0v) is 9.61. The van der Waals surface area contributed by atoms with Gasteiger partial charge in [-0.25, -0.2) is 0 Å². The van der Waals surface area contributed by atoms with Crippen LogP contribution in [0.25, 0.3) is 0 Å². The first-order chi connectivity index (χ1) is 6.07. The Morgan fingerprint density at radius 3 is 2.23 bits per heavy atom. The third-order valence-electron chi connectivity index (χ3n) is 2.57. The van der Waals surface area contributed by atoms with Gasteiger partial charge in [-0.05, 0) is 33.2 Å². The first-order valence-electron chi connectivity index (χ1n) is 5.33. The number of hydrogen-bond acceptors (Lipinski definition) is 2. The molecule has 1 rings (SSSR count). The van der Waals surface area contributed by atoms with E-state index in [2.05, 4.69) is 19.2 Å². The molecule has 78 valence electrons. The van der Waals surface area contributed by atoms with E-state index in [1.54, 1.807) is 6.92 Å². The van der Waals surface area contributed by atoms with Crippen LogP contribution in [0.1, 0.15) is 47.5 Å². The molecule has 1 saturated carbocycles. The quantitative estimate of drug-likeness (QED) is 0.731. The number of carbonyl (C=O) groups is 1. The number of nitrogens with one attached hydrogen (secondary N) is 1. The summed E-state index contributed by atoms with van der Waals surface area (Å²) in [5.74, 6) is 0.680. The van der Waals surface area contributed by atoms with Gasteiger partial charge in [0, 0.05) is 11.5 Å². The zero-order valence-electron chi connectivity index (χ0n) is 9.61. The van der Waals surface area contributed by atoms with Gasteiger partial charge in [0.1, 0.15) is 5.78 Å². The fourth-order valence-electron chi connectivity index (χ4n) is 1.89. The van der Waals surface area contributed by atoms with Gasteiger partial charge in [-0.1, -0.05) is 20.8 Å². The lowest BCUT2D eigenvalue weighted by molar-refractivity contribution is -0.125. The number of hydrogen-bond donors (Lipinski definition) is 1. The molecule has 2 nitrogen and oxygen atoms in total. The van der Waals surface area contributed by atoms with Crippen LogP contribution in [0.2, 0.25) is 0 Å². The fourth-order valence-corrected chi connectivity index (χ4v) is 1.89. The molecule has 0 aromatic rings. The van der Waals surface area contributed by atoms with Crippen molar-refractivity contribution in [1.82, 2.24) is 5.32 Å². The lowest BCUT2D eigenvalue weighted by Gasteiger charge is -2.44. The van der Waals surface area contributed by atoms with E-state index >= 15 is 0 Å². The van der Waals surface area contributed by atoms with Gasteiger partial charge in [-0.15, -0.1) is 0 Å². The van der Waals surface area contributed by atoms with Crippen LogP contribution in [-0.4, -0.2) is 17.9 Å². The maximum Gasteiger partial charge on any atom is 0.133 e.